The van der Waals surface area contributed by atoms with Gasteiger partial charge in [0.15, 0.2) is 0 Å². The van der Waals surface area contributed by atoms with Gasteiger partial charge >= 0.3 is 0 Å². The van der Waals surface area contributed by atoms with Crippen LogP contribution in [0, 0.1) is 18.6 Å². The highest BCUT2D eigenvalue weighted by atomic mass is 32.2. The third-order valence-electron chi connectivity index (χ3n) is 5.54. The van der Waals surface area contributed by atoms with Gasteiger partial charge in [-0.25, -0.2) is 17.2 Å². The number of sulfonamides is 1. The number of rotatable bonds is 6. The van der Waals surface area contributed by atoms with Gasteiger partial charge in [0.25, 0.3) is 15.9 Å². The molecule has 0 atom stereocenters. The van der Waals surface area contributed by atoms with E-state index in [0.717, 1.165) is 38.1 Å². The Hall–Kier alpha value is -3.46. The summed E-state index contributed by atoms with van der Waals surface area (Å²) in [5.74, 6) is -1.67. The van der Waals surface area contributed by atoms with Crippen molar-refractivity contribution in [3.8, 4) is 0 Å². The number of hydrogen-bond donors (Lipinski definition) is 2. The number of anilines is 3. The molecule has 1 saturated heterocycles. The van der Waals surface area contributed by atoms with E-state index in [4.69, 9.17) is 0 Å². The van der Waals surface area contributed by atoms with Gasteiger partial charge in [-0.15, -0.1) is 0 Å². The fourth-order valence-electron chi connectivity index (χ4n) is 3.78. The van der Waals surface area contributed by atoms with Crippen molar-refractivity contribution < 1.29 is 22.0 Å². The molecular weight excluding hydrogens is 448 g/mol. The molecule has 6 nitrogen and oxygen atoms in total. The first-order valence-corrected chi connectivity index (χ1v) is 12.0. The summed E-state index contributed by atoms with van der Waals surface area (Å²) in [4.78, 5) is 14.9. The second kappa shape index (κ2) is 9.19. The maximum atomic E-state index is 14.6. The highest BCUT2D eigenvalue weighted by Crippen LogP contribution is 2.32. The van der Waals surface area contributed by atoms with E-state index in [1.54, 1.807) is 19.1 Å². The van der Waals surface area contributed by atoms with Crippen molar-refractivity contribution >= 4 is 33.0 Å². The molecule has 0 bridgehead atoms. The molecule has 2 N–H and O–H groups in total. The Morgan fingerprint density at radius 2 is 1.67 bits per heavy atom. The predicted octanol–water partition coefficient (Wildman–Crippen LogP) is 4.93. The monoisotopic (exact) mass is 471 g/mol. The second-order valence-corrected chi connectivity index (χ2v) is 9.55. The van der Waals surface area contributed by atoms with Crippen LogP contribution in [-0.2, 0) is 10.0 Å². The molecule has 0 spiro atoms. The van der Waals surface area contributed by atoms with Gasteiger partial charge in [0.05, 0.1) is 10.6 Å². The van der Waals surface area contributed by atoms with E-state index in [1.807, 2.05) is 4.90 Å². The van der Waals surface area contributed by atoms with Crippen LogP contribution < -0.4 is 14.9 Å². The quantitative estimate of drug-likeness (QED) is 0.535. The molecule has 1 heterocycles. The summed E-state index contributed by atoms with van der Waals surface area (Å²) in [6.07, 6.45) is 1.98. The fraction of sp³-hybridized carbons (Fsp3) is 0.208. The molecular formula is C24H23F2N3O3S. The van der Waals surface area contributed by atoms with Gasteiger partial charge in [-0.3, -0.25) is 9.52 Å². The zero-order valence-electron chi connectivity index (χ0n) is 17.9. The van der Waals surface area contributed by atoms with Crippen LogP contribution in [0.2, 0.25) is 0 Å². The summed E-state index contributed by atoms with van der Waals surface area (Å²) >= 11 is 0. The van der Waals surface area contributed by atoms with Gasteiger partial charge in [0, 0.05) is 24.3 Å². The molecule has 1 aliphatic heterocycles. The molecule has 1 amide bonds. The smallest absolute Gasteiger partial charge is 0.261 e. The molecule has 9 heteroatoms. The molecule has 0 aliphatic carbocycles. The number of hydrogen-bond acceptors (Lipinski definition) is 4. The number of para-hydroxylation sites is 1. The van der Waals surface area contributed by atoms with Crippen LogP contribution in [-0.4, -0.2) is 27.4 Å². The number of carbonyl (C=O) groups excluding carboxylic acids is 1. The average Bonchev–Trinajstić information content (AvgIpc) is 3.31. The SMILES string of the molecule is Cc1ccc(S(=O)(=O)Nc2ccc(F)cc2)cc1C(=O)Nc1c(F)cccc1N1CCCC1. The van der Waals surface area contributed by atoms with E-state index in [0.29, 0.717) is 11.3 Å². The predicted molar refractivity (Wildman–Crippen MR) is 124 cm³/mol. The second-order valence-electron chi connectivity index (χ2n) is 7.87. The summed E-state index contributed by atoms with van der Waals surface area (Å²) in [7, 11) is -4.04. The number of carbonyl (C=O) groups is 1. The standard InChI is InChI=1S/C24H23F2N3O3S/c1-16-7-12-19(33(31,32)28-18-10-8-17(25)9-11-18)15-20(16)24(30)27-23-21(26)5-4-6-22(23)29-13-2-3-14-29/h4-12,15,28H,2-3,13-14H2,1H3,(H,27,30). The maximum absolute atomic E-state index is 14.6. The molecule has 0 radical (unpaired) electrons. The largest absolute Gasteiger partial charge is 0.370 e. The fourth-order valence-corrected chi connectivity index (χ4v) is 4.87. The number of nitrogens with one attached hydrogen (secondary N) is 2. The molecule has 33 heavy (non-hydrogen) atoms. The van der Waals surface area contributed by atoms with E-state index >= 15 is 0 Å². The maximum Gasteiger partial charge on any atom is 0.261 e. The summed E-state index contributed by atoms with van der Waals surface area (Å²) in [5, 5.41) is 2.63. The number of nitrogens with zero attached hydrogens (tertiary/aromatic N) is 1. The van der Waals surface area contributed by atoms with Gasteiger partial charge in [-0.2, -0.15) is 0 Å². The lowest BCUT2D eigenvalue weighted by atomic mass is 10.1. The van der Waals surface area contributed by atoms with E-state index in [1.165, 1.54) is 36.4 Å². The van der Waals surface area contributed by atoms with Crippen molar-refractivity contribution in [2.45, 2.75) is 24.7 Å². The van der Waals surface area contributed by atoms with Gasteiger partial charge in [0.1, 0.15) is 17.3 Å². The first kappa shape index (κ1) is 22.7. The Balaban J connectivity index is 1.62. The minimum absolute atomic E-state index is 0.0708. The molecule has 0 aromatic heterocycles. The summed E-state index contributed by atoms with van der Waals surface area (Å²) < 4.78 is 55.7. The minimum atomic E-state index is -4.04. The average molecular weight is 472 g/mol. The molecule has 1 aliphatic rings. The Labute approximate surface area is 191 Å². The molecule has 0 unspecified atom stereocenters. The Morgan fingerprint density at radius 1 is 0.970 bits per heavy atom. The van der Waals surface area contributed by atoms with Crippen molar-refractivity contribution in [2.24, 2.45) is 0 Å². The van der Waals surface area contributed by atoms with Crippen LogP contribution >= 0.6 is 0 Å². The molecule has 3 aromatic carbocycles. The Bertz CT molecular complexity index is 1290. The van der Waals surface area contributed by atoms with Gasteiger partial charge in [-0.05, 0) is 73.9 Å². The Morgan fingerprint density at radius 3 is 2.36 bits per heavy atom. The zero-order valence-corrected chi connectivity index (χ0v) is 18.8. The van der Waals surface area contributed by atoms with Crippen LogP contribution in [0.5, 0.6) is 0 Å². The van der Waals surface area contributed by atoms with Gasteiger partial charge in [0.2, 0.25) is 0 Å². The van der Waals surface area contributed by atoms with Crippen molar-refractivity contribution in [1.29, 1.82) is 0 Å². The number of amides is 1. The molecule has 0 saturated carbocycles. The van der Waals surface area contributed by atoms with Crippen LogP contribution in [0.3, 0.4) is 0 Å². The normalized spacial score (nSPS) is 13.7. The van der Waals surface area contributed by atoms with E-state index in [2.05, 4.69) is 10.0 Å². The Kier molecular flexibility index (Phi) is 6.33. The third-order valence-corrected chi connectivity index (χ3v) is 6.92. The van der Waals surface area contributed by atoms with Gasteiger partial charge < -0.3 is 10.2 Å². The van der Waals surface area contributed by atoms with Crippen molar-refractivity contribution in [1.82, 2.24) is 0 Å². The summed E-state index contributed by atoms with van der Waals surface area (Å²) in [5.41, 5.74) is 1.49. The third kappa shape index (κ3) is 4.98. The van der Waals surface area contributed by atoms with Crippen LogP contribution in [0.4, 0.5) is 25.8 Å². The lowest BCUT2D eigenvalue weighted by Gasteiger charge is -2.22. The number of benzene rings is 3. The van der Waals surface area contributed by atoms with Crippen molar-refractivity contribution in [2.75, 3.05) is 28.0 Å². The number of aryl methyl sites for hydroxylation is 1. The zero-order chi connectivity index (χ0) is 23.6. The topological polar surface area (TPSA) is 78.5 Å². The van der Waals surface area contributed by atoms with E-state index < -0.39 is 27.6 Å². The van der Waals surface area contributed by atoms with Crippen LogP contribution in [0.1, 0.15) is 28.8 Å². The highest BCUT2D eigenvalue weighted by molar-refractivity contribution is 7.92. The van der Waals surface area contributed by atoms with E-state index in [9.17, 15) is 22.0 Å². The molecule has 1 fully saturated rings. The molecule has 3 aromatic rings. The minimum Gasteiger partial charge on any atom is -0.370 e. The van der Waals surface area contributed by atoms with Gasteiger partial charge in [-0.1, -0.05) is 12.1 Å². The molecule has 172 valence electrons. The lowest BCUT2D eigenvalue weighted by Crippen LogP contribution is -2.22. The lowest BCUT2D eigenvalue weighted by molar-refractivity contribution is 0.102. The van der Waals surface area contributed by atoms with Crippen molar-refractivity contribution in [3.63, 3.8) is 0 Å². The number of halogens is 2. The highest BCUT2D eigenvalue weighted by Gasteiger charge is 2.22. The van der Waals surface area contributed by atoms with Crippen LogP contribution in [0.25, 0.3) is 0 Å². The van der Waals surface area contributed by atoms with Crippen LogP contribution in [0.15, 0.2) is 65.6 Å². The summed E-state index contributed by atoms with van der Waals surface area (Å²) in [6, 6.07) is 13.6. The van der Waals surface area contributed by atoms with E-state index in [-0.39, 0.29) is 21.8 Å². The first-order valence-electron chi connectivity index (χ1n) is 10.5. The molecule has 4 rings (SSSR count). The summed E-state index contributed by atoms with van der Waals surface area (Å²) in [6.45, 7) is 3.21. The van der Waals surface area contributed by atoms with Crippen molar-refractivity contribution in [3.05, 3.63) is 83.4 Å². The first-order chi connectivity index (χ1) is 15.7.